The second-order valence-corrected chi connectivity index (χ2v) is 11.0. The second-order valence-electron chi connectivity index (χ2n) is 10.5. The van der Waals surface area contributed by atoms with E-state index in [0.29, 0.717) is 24.5 Å². The van der Waals surface area contributed by atoms with Crippen LogP contribution in [0.5, 0.6) is 0 Å². The highest BCUT2D eigenvalue weighted by Gasteiger charge is 2.22. The zero-order chi connectivity index (χ0) is 28.5. The van der Waals surface area contributed by atoms with Crippen molar-refractivity contribution < 1.29 is 14.4 Å². The van der Waals surface area contributed by atoms with E-state index in [-0.39, 0.29) is 24.3 Å². The highest BCUT2D eigenvalue weighted by molar-refractivity contribution is 7.80. The van der Waals surface area contributed by atoms with Gasteiger partial charge < -0.3 is 15.4 Å². The normalized spacial score (nSPS) is 13.8. The molecule has 2 rings (SSSR count). The van der Waals surface area contributed by atoms with E-state index >= 15 is 0 Å². The van der Waals surface area contributed by atoms with Gasteiger partial charge in [-0.2, -0.15) is 0 Å². The Labute approximate surface area is 235 Å². The van der Waals surface area contributed by atoms with E-state index in [1.807, 2.05) is 24.3 Å². The van der Waals surface area contributed by atoms with Gasteiger partial charge in [0.25, 0.3) is 0 Å². The number of hydrogen-bond donors (Lipinski definition) is 3. The Morgan fingerprint density at radius 2 is 1.66 bits per heavy atom. The largest absolute Gasteiger partial charge is 0.347 e. The summed E-state index contributed by atoms with van der Waals surface area (Å²) in [5, 5.41) is 7.67. The van der Waals surface area contributed by atoms with Crippen molar-refractivity contribution >= 4 is 41.5 Å². The molecule has 0 spiro atoms. The lowest BCUT2D eigenvalue weighted by Gasteiger charge is -2.25. The third kappa shape index (κ3) is 13.3. The molecule has 0 saturated heterocycles. The van der Waals surface area contributed by atoms with Gasteiger partial charge >= 0.3 is 0 Å². The van der Waals surface area contributed by atoms with Crippen molar-refractivity contribution in [3.8, 4) is 0 Å². The average molecular weight is 541 g/mol. The summed E-state index contributed by atoms with van der Waals surface area (Å²) in [7, 11) is 0. The molecule has 0 aliphatic carbocycles. The summed E-state index contributed by atoms with van der Waals surface area (Å²) in [5.74, 6) is 0.827. The maximum absolute atomic E-state index is 12.4. The van der Waals surface area contributed by atoms with Gasteiger partial charge in [0.05, 0.1) is 12.6 Å². The fourth-order valence-corrected chi connectivity index (χ4v) is 4.65. The monoisotopic (exact) mass is 540 g/mol. The molecule has 2 amide bonds. The molecule has 0 radical (unpaired) electrons. The SMILES string of the molecule is C=C(CC(C)CC)CC(CC(=O)NCC(=O)NC(C)C=O)C(C)CCCC.Sc1cccc2ccccc12. The van der Waals surface area contributed by atoms with Gasteiger partial charge in [-0.1, -0.05) is 102 Å². The minimum absolute atomic E-state index is 0.0963. The van der Waals surface area contributed by atoms with Crippen LogP contribution in [0.25, 0.3) is 10.8 Å². The molecule has 5 nitrogen and oxygen atoms in total. The Kier molecular flexibility index (Phi) is 16.4. The van der Waals surface area contributed by atoms with Crippen molar-refractivity contribution in [2.75, 3.05) is 6.54 Å². The fraction of sp³-hybridized carbons (Fsp3) is 0.531. The predicted molar refractivity (Wildman–Crippen MR) is 163 cm³/mol. The van der Waals surface area contributed by atoms with E-state index in [0.717, 1.165) is 43.4 Å². The molecular formula is C32H48N2O3S. The number of nitrogens with one attached hydrogen (secondary N) is 2. The molecular weight excluding hydrogens is 492 g/mol. The van der Waals surface area contributed by atoms with Crippen molar-refractivity contribution in [2.45, 2.75) is 90.5 Å². The van der Waals surface area contributed by atoms with Crippen LogP contribution in [0.3, 0.4) is 0 Å². The van der Waals surface area contributed by atoms with Crippen LogP contribution in [-0.2, 0) is 14.4 Å². The first-order valence-electron chi connectivity index (χ1n) is 14.0. The molecule has 0 aromatic heterocycles. The third-order valence-corrected chi connectivity index (χ3v) is 7.35. The molecule has 4 unspecified atom stereocenters. The lowest BCUT2D eigenvalue weighted by Crippen LogP contribution is -2.41. The van der Waals surface area contributed by atoms with Gasteiger partial charge in [0, 0.05) is 11.3 Å². The smallest absolute Gasteiger partial charge is 0.239 e. The first kappa shape index (κ1) is 33.4. The summed E-state index contributed by atoms with van der Waals surface area (Å²) in [6, 6.07) is 13.8. The highest BCUT2D eigenvalue weighted by Crippen LogP contribution is 2.30. The summed E-state index contributed by atoms with van der Waals surface area (Å²) in [5.41, 5.74) is 1.21. The van der Waals surface area contributed by atoms with Crippen LogP contribution in [-0.4, -0.2) is 30.7 Å². The van der Waals surface area contributed by atoms with Gasteiger partial charge in [0.2, 0.25) is 11.8 Å². The topological polar surface area (TPSA) is 75.3 Å². The average Bonchev–Trinajstić information content (AvgIpc) is 2.90. The van der Waals surface area contributed by atoms with E-state index in [1.165, 1.54) is 16.3 Å². The Hall–Kier alpha value is -2.60. The first-order valence-corrected chi connectivity index (χ1v) is 14.4. The third-order valence-electron chi connectivity index (χ3n) is 6.96. The molecule has 0 bridgehead atoms. The minimum Gasteiger partial charge on any atom is -0.347 e. The van der Waals surface area contributed by atoms with Crippen molar-refractivity contribution in [2.24, 2.45) is 17.8 Å². The number of benzene rings is 2. The maximum atomic E-state index is 12.4. The van der Waals surface area contributed by atoms with Crippen LogP contribution >= 0.6 is 12.6 Å². The molecule has 2 N–H and O–H groups in total. The highest BCUT2D eigenvalue weighted by atomic mass is 32.1. The van der Waals surface area contributed by atoms with E-state index in [4.69, 9.17) is 0 Å². The summed E-state index contributed by atoms with van der Waals surface area (Å²) in [4.78, 5) is 35.7. The van der Waals surface area contributed by atoms with E-state index in [1.54, 1.807) is 6.92 Å². The molecule has 2 aromatic rings. The molecule has 0 heterocycles. The first-order chi connectivity index (χ1) is 18.1. The zero-order valence-electron chi connectivity index (χ0n) is 24.0. The van der Waals surface area contributed by atoms with Gasteiger partial charge in [-0.05, 0) is 54.4 Å². The number of aldehydes is 1. The summed E-state index contributed by atoms with van der Waals surface area (Å²) in [6.45, 7) is 14.5. The number of rotatable bonds is 15. The van der Waals surface area contributed by atoms with E-state index in [9.17, 15) is 14.4 Å². The molecule has 38 heavy (non-hydrogen) atoms. The summed E-state index contributed by atoms with van der Waals surface area (Å²) in [6.07, 6.45) is 7.45. The van der Waals surface area contributed by atoms with Crippen molar-refractivity contribution in [3.05, 3.63) is 54.6 Å². The van der Waals surface area contributed by atoms with Gasteiger partial charge in [0.15, 0.2) is 0 Å². The van der Waals surface area contributed by atoms with Crippen molar-refractivity contribution in [1.82, 2.24) is 10.6 Å². The summed E-state index contributed by atoms with van der Waals surface area (Å²) < 4.78 is 0. The maximum Gasteiger partial charge on any atom is 0.239 e. The molecule has 0 aliphatic heterocycles. The molecule has 4 atom stereocenters. The van der Waals surface area contributed by atoms with Crippen molar-refractivity contribution in [1.29, 1.82) is 0 Å². The molecule has 2 aromatic carbocycles. The van der Waals surface area contributed by atoms with E-state index < -0.39 is 6.04 Å². The quantitative estimate of drug-likeness (QED) is 0.128. The van der Waals surface area contributed by atoms with Gasteiger partial charge in [0.1, 0.15) is 6.29 Å². The van der Waals surface area contributed by atoms with Gasteiger partial charge in [-0.25, -0.2) is 0 Å². The van der Waals surface area contributed by atoms with Crippen LogP contribution in [0.4, 0.5) is 0 Å². The lowest BCUT2D eigenvalue weighted by atomic mass is 9.81. The number of carbonyl (C=O) groups is 3. The zero-order valence-corrected chi connectivity index (χ0v) is 24.9. The number of unbranched alkanes of at least 4 members (excludes halogenated alkanes) is 1. The van der Waals surface area contributed by atoms with Crippen molar-refractivity contribution in [3.63, 3.8) is 0 Å². The fourth-order valence-electron chi connectivity index (χ4n) is 4.36. The Morgan fingerprint density at radius 1 is 0.974 bits per heavy atom. The number of thiol groups is 1. The number of hydrogen-bond acceptors (Lipinski definition) is 4. The standard InChI is InChI=1S/C22H40N2O3.C10H8S/c1-7-9-10-18(5)20(12-17(4)11-16(3)8-2)13-21(26)23-14-22(27)24-19(6)15-25;11-10-7-3-5-8-4-1-2-6-9(8)10/h15-16,18-20H,4,7-14H2,1-3,5-6H3,(H,23,26)(H,24,27);1-7,11H. The Morgan fingerprint density at radius 3 is 2.29 bits per heavy atom. The number of allylic oxidation sites excluding steroid dienone is 1. The Bertz CT molecular complexity index is 1020. The van der Waals surface area contributed by atoms with Gasteiger partial charge in [-0.3, -0.25) is 9.59 Å². The lowest BCUT2D eigenvalue weighted by molar-refractivity contribution is -0.127. The number of carbonyl (C=O) groups excluding carboxylic acids is 3. The molecule has 0 saturated carbocycles. The second kappa shape index (κ2) is 18.6. The molecule has 0 fully saturated rings. The number of amides is 2. The van der Waals surface area contributed by atoms with Crippen LogP contribution in [0.15, 0.2) is 59.5 Å². The molecule has 0 aliphatic rings. The summed E-state index contributed by atoms with van der Waals surface area (Å²) >= 11 is 4.35. The van der Waals surface area contributed by atoms with Crippen LogP contribution in [0, 0.1) is 17.8 Å². The predicted octanol–water partition coefficient (Wildman–Crippen LogP) is 7.15. The van der Waals surface area contributed by atoms with Gasteiger partial charge in [-0.15, -0.1) is 12.6 Å². The van der Waals surface area contributed by atoms with Crippen LogP contribution in [0.1, 0.15) is 79.6 Å². The minimum atomic E-state index is -0.542. The Balaban J connectivity index is 0.000000534. The van der Waals surface area contributed by atoms with Crippen LogP contribution < -0.4 is 10.6 Å². The number of fused-ring (bicyclic) bond motifs is 1. The van der Waals surface area contributed by atoms with Crippen LogP contribution in [0.2, 0.25) is 0 Å². The van der Waals surface area contributed by atoms with E-state index in [2.05, 4.69) is 75.7 Å². The molecule has 210 valence electrons. The molecule has 6 heteroatoms.